The fourth-order valence-electron chi connectivity index (χ4n) is 3.01. The number of aromatic nitrogens is 1. The van der Waals surface area contributed by atoms with E-state index in [4.69, 9.17) is 0 Å². The molecule has 0 radical (unpaired) electrons. The normalized spacial score (nSPS) is 10.4. The van der Waals surface area contributed by atoms with Crippen LogP contribution in [0.3, 0.4) is 0 Å². The van der Waals surface area contributed by atoms with Gasteiger partial charge in [0.15, 0.2) is 0 Å². The highest BCUT2D eigenvalue weighted by molar-refractivity contribution is 6.03. The molecule has 29 heavy (non-hydrogen) atoms. The average molecular weight is 392 g/mol. The van der Waals surface area contributed by atoms with E-state index in [0.717, 1.165) is 24.5 Å². The fourth-order valence-corrected chi connectivity index (χ4v) is 3.01. The maximum absolute atomic E-state index is 13.7. The zero-order valence-corrected chi connectivity index (χ0v) is 16.7. The van der Waals surface area contributed by atoms with Gasteiger partial charge in [0.25, 0.3) is 5.91 Å². The minimum atomic E-state index is -0.277. The lowest BCUT2D eigenvalue weighted by atomic mass is 10.2. The summed E-state index contributed by atoms with van der Waals surface area (Å²) in [5, 5.41) is 5.96. The number of pyridine rings is 1. The van der Waals surface area contributed by atoms with Crippen LogP contribution in [-0.4, -0.2) is 24.0 Å². The molecule has 1 amide bonds. The third kappa shape index (κ3) is 5.31. The first-order valence-corrected chi connectivity index (χ1v) is 9.70. The molecule has 6 heteroatoms. The summed E-state index contributed by atoms with van der Waals surface area (Å²) in [4.78, 5) is 18.9. The number of carbonyl (C=O) groups excluding carboxylic acids is 1. The van der Waals surface area contributed by atoms with E-state index >= 15 is 0 Å². The lowest BCUT2D eigenvalue weighted by molar-refractivity contribution is 0.102. The molecule has 1 aromatic heterocycles. The highest BCUT2D eigenvalue weighted by atomic mass is 19.1. The lowest BCUT2D eigenvalue weighted by Gasteiger charge is -2.21. The van der Waals surface area contributed by atoms with E-state index in [1.54, 1.807) is 36.5 Å². The van der Waals surface area contributed by atoms with Crippen molar-refractivity contribution in [3.05, 3.63) is 83.9 Å². The highest BCUT2D eigenvalue weighted by Gasteiger charge is 2.09. The number of anilines is 3. The fraction of sp³-hybridized carbons (Fsp3) is 0.217. The number of nitrogens with one attached hydrogen (secondary N) is 2. The van der Waals surface area contributed by atoms with Crippen LogP contribution in [0, 0.1) is 5.82 Å². The van der Waals surface area contributed by atoms with Crippen molar-refractivity contribution in [1.82, 2.24) is 4.98 Å². The Kier molecular flexibility index (Phi) is 6.79. The monoisotopic (exact) mass is 392 g/mol. The third-order valence-corrected chi connectivity index (χ3v) is 4.69. The maximum atomic E-state index is 13.7. The molecule has 0 bridgehead atoms. The summed E-state index contributed by atoms with van der Waals surface area (Å²) in [6, 6.07) is 17.8. The summed E-state index contributed by atoms with van der Waals surface area (Å²) in [7, 11) is 0. The Morgan fingerprint density at radius 3 is 2.28 bits per heavy atom. The molecule has 0 atom stereocenters. The van der Waals surface area contributed by atoms with Gasteiger partial charge in [-0.05, 0) is 56.3 Å². The summed E-state index contributed by atoms with van der Waals surface area (Å²) in [5.74, 6) is -0.530. The molecule has 0 aliphatic heterocycles. The van der Waals surface area contributed by atoms with Gasteiger partial charge in [-0.25, -0.2) is 9.37 Å². The molecule has 0 aliphatic carbocycles. The van der Waals surface area contributed by atoms with Crippen molar-refractivity contribution in [2.24, 2.45) is 0 Å². The van der Waals surface area contributed by atoms with Crippen LogP contribution in [0.25, 0.3) is 0 Å². The first kappa shape index (κ1) is 20.3. The van der Waals surface area contributed by atoms with Gasteiger partial charge in [-0.2, -0.15) is 0 Å². The Balaban J connectivity index is 1.58. The molecule has 0 saturated heterocycles. The van der Waals surface area contributed by atoms with Gasteiger partial charge >= 0.3 is 0 Å². The van der Waals surface area contributed by atoms with E-state index in [9.17, 15) is 9.18 Å². The number of hydrogen-bond donors (Lipinski definition) is 2. The van der Waals surface area contributed by atoms with Gasteiger partial charge in [0.2, 0.25) is 0 Å². The van der Waals surface area contributed by atoms with Gasteiger partial charge in [-0.3, -0.25) is 4.79 Å². The Hall–Kier alpha value is -3.41. The molecule has 2 N–H and O–H groups in total. The van der Waals surface area contributed by atoms with Crippen LogP contribution in [0.1, 0.15) is 29.9 Å². The largest absolute Gasteiger partial charge is 0.380 e. The van der Waals surface area contributed by atoms with Gasteiger partial charge in [-0.1, -0.05) is 18.2 Å². The van der Waals surface area contributed by atoms with Crippen molar-refractivity contribution in [1.29, 1.82) is 0 Å². The molecule has 3 rings (SSSR count). The van der Waals surface area contributed by atoms with Crippen molar-refractivity contribution >= 4 is 23.0 Å². The molecule has 1 heterocycles. The first-order chi connectivity index (χ1) is 14.1. The summed E-state index contributed by atoms with van der Waals surface area (Å²) in [6.45, 7) is 6.44. The van der Waals surface area contributed by atoms with E-state index in [-0.39, 0.29) is 11.7 Å². The molecule has 2 aromatic carbocycles. The van der Waals surface area contributed by atoms with Gasteiger partial charge in [-0.15, -0.1) is 0 Å². The second-order valence-corrected chi connectivity index (χ2v) is 6.55. The molecule has 0 saturated carbocycles. The molecule has 0 unspecified atom stereocenters. The van der Waals surface area contributed by atoms with Crippen LogP contribution in [-0.2, 0) is 6.54 Å². The van der Waals surface area contributed by atoms with Gasteiger partial charge in [0.1, 0.15) is 11.5 Å². The Labute approximate surface area is 170 Å². The summed E-state index contributed by atoms with van der Waals surface area (Å²) in [6.07, 6.45) is 1.57. The molecular formula is C23H25FN4O. The third-order valence-electron chi connectivity index (χ3n) is 4.69. The molecule has 0 fully saturated rings. The quantitative estimate of drug-likeness (QED) is 0.571. The molecule has 0 aliphatic rings. The van der Waals surface area contributed by atoms with Crippen LogP contribution >= 0.6 is 0 Å². The Morgan fingerprint density at radius 2 is 1.66 bits per heavy atom. The number of amides is 1. The number of nitrogens with zero attached hydrogens (tertiary/aromatic N) is 2. The number of rotatable bonds is 8. The smallest absolute Gasteiger partial charge is 0.274 e. The number of hydrogen-bond acceptors (Lipinski definition) is 4. The summed E-state index contributed by atoms with van der Waals surface area (Å²) < 4.78 is 13.7. The van der Waals surface area contributed by atoms with Crippen molar-refractivity contribution in [2.45, 2.75) is 20.4 Å². The lowest BCUT2D eigenvalue weighted by Crippen LogP contribution is -2.21. The topological polar surface area (TPSA) is 57.3 Å². The number of carbonyl (C=O) groups is 1. The second kappa shape index (κ2) is 9.68. The van der Waals surface area contributed by atoms with Crippen LogP contribution in [0.2, 0.25) is 0 Å². The summed E-state index contributed by atoms with van der Waals surface area (Å²) in [5.41, 5.74) is 3.44. The van der Waals surface area contributed by atoms with Crippen molar-refractivity contribution in [3.63, 3.8) is 0 Å². The van der Waals surface area contributed by atoms with Crippen LogP contribution < -0.4 is 15.5 Å². The van der Waals surface area contributed by atoms with Gasteiger partial charge < -0.3 is 15.5 Å². The van der Waals surface area contributed by atoms with Crippen molar-refractivity contribution in [2.75, 3.05) is 28.6 Å². The van der Waals surface area contributed by atoms with Crippen LogP contribution in [0.4, 0.5) is 21.5 Å². The van der Waals surface area contributed by atoms with Crippen LogP contribution in [0.15, 0.2) is 66.9 Å². The van der Waals surface area contributed by atoms with E-state index < -0.39 is 0 Å². The predicted octanol–water partition coefficient (Wildman–Crippen LogP) is 4.93. The minimum absolute atomic E-state index is 0.254. The number of halogens is 1. The second-order valence-electron chi connectivity index (χ2n) is 6.55. The van der Waals surface area contributed by atoms with Crippen LogP contribution in [0.5, 0.6) is 0 Å². The zero-order valence-electron chi connectivity index (χ0n) is 16.7. The van der Waals surface area contributed by atoms with Gasteiger partial charge in [0, 0.05) is 36.6 Å². The van der Waals surface area contributed by atoms with Crippen molar-refractivity contribution < 1.29 is 9.18 Å². The van der Waals surface area contributed by atoms with E-state index in [2.05, 4.69) is 34.4 Å². The minimum Gasteiger partial charge on any atom is -0.380 e. The zero-order chi connectivity index (χ0) is 20.6. The number of benzene rings is 2. The maximum Gasteiger partial charge on any atom is 0.274 e. The Morgan fingerprint density at radius 1 is 0.966 bits per heavy atom. The van der Waals surface area contributed by atoms with E-state index in [1.165, 1.54) is 6.07 Å². The summed E-state index contributed by atoms with van der Waals surface area (Å²) >= 11 is 0. The molecule has 150 valence electrons. The van der Waals surface area contributed by atoms with E-state index in [1.807, 2.05) is 24.3 Å². The Bertz CT molecular complexity index is 938. The van der Waals surface area contributed by atoms with Gasteiger partial charge in [0.05, 0.1) is 11.9 Å². The van der Waals surface area contributed by atoms with E-state index in [0.29, 0.717) is 23.5 Å². The molecular weight excluding hydrogens is 367 g/mol. The van der Waals surface area contributed by atoms with Crippen molar-refractivity contribution in [3.8, 4) is 0 Å². The predicted molar refractivity (Wildman–Crippen MR) is 116 cm³/mol. The molecule has 0 spiro atoms. The average Bonchev–Trinajstić information content (AvgIpc) is 2.75. The standard InChI is InChI=1S/C23H25FN4O/c1-3-28(4-2)20-12-9-18(10-13-20)27-23(29)22-14-11-19(16-26-22)25-15-17-7-5-6-8-21(17)24/h5-14,16,25H,3-4,15H2,1-2H3,(H,27,29). The highest BCUT2D eigenvalue weighted by Crippen LogP contribution is 2.18. The first-order valence-electron chi connectivity index (χ1n) is 9.70. The molecule has 5 nitrogen and oxygen atoms in total. The molecule has 3 aromatic rings. The SMILES string of the molecule is CCN(CC)c1ccc(NC(=O)c2ccc(NCc3ccccc3F)cn2)cc1.